The highest BCUT2D eigenvalue weighted by atomic mass is 32.2. The van der Waals surface area contributed by atoms with E-state index >= 15 is 0 Å². The average molecular weight is 398 g/mol. The number of amidine groups is 1. The maximum atomic E-state index is 12.7. The fourth-order valence-electron chi connectivity index (χ4n) is 3.29. The van der Waals surface area contributed by atoms with Crippen molar-refractivity contribution in [3.8, 4) is 11.5 Å². The summed E-state index contributed by atoms with van der Waals surface area (Å²) >= 11 is 0. The largest absolute Gasteiger partial charge is 0.486 e. The second kappa shape index (κ2) is 6.98. The van der Waals surface area contributed by atoms with Gasteiger partial charge in [0.05, 0.1) is 0 Å². The topological polar surface area (TPSA) is 77.0 Å². The standard InChI is InChI=1S/C21H22N2O4S/c1-13(2)15-4-6-16(7-5-15)20-14(3)21(23-28(20,24)25)22-17-8-9-18-19(12-17)27-11-10-26-18/h4-9,12-13H,10-11H2,1-3H3,(H,22,23). The molecule has 0 saturated carbocycles. The van der Waals surface area contributed by atoms with Crippen LogP contribution in [0.25, 0.3) is 4.91 Å². The van der Waals surface area contributed by atoms with Crippen LogP contribution in [0.1, 0.15) is 37.8 Å². The predicted molar refractivity (Wildman–Crippen MR) is 111 cm³/mol. The second-order valence-electron chi connectivity index (χ2n) is 7.13. The van der Waals surface area contributed by atoms with Crippen LogP contribution in [-0.4, -0.2) is 27.5 Å². The lowest BCUT2D eigenvalue weighted by molar-refractivity contribution is 0.171. The summed E-state index contributed by atoms with van der Waals surface area (Å²) in [6, 6.07) is 13.0. The van der Waals surface area contributed by atoms with E-state index in [9.17, 15) is 8.42 Å². The third-order valence-corrected chi connectivity index (χ3v) is 6.29. The number of nitrogens with zero attached hydrogens (tertiary/aromatic N) is 1. The molecule has 0 aliphatic carbocycles. The van der Waals surface area contributed by atoms with Gasteiger partial charge in [-0.3, -0.25) is 0 Å². The van der Waals surface area contributed by atoms with Crippen LogP contribution in [0, 0.1) is 0 Å². The van der Waals surface area contributed by atoms with Crippen LogP contribution in [0.2, 0.25) is 0 Å². The summed E-state index contributed by atoms with van der Waals surface area (Å²) in [5.74, 6) is 2.01. The zero-order chi connectivity index (χ0) is 19.9. The molecule has 2 aliphatic rings. The minimum Gasteiger partial charge on any atom is -0.486 e. The molecule has 6 nitrogen and oxygen atoms in total. The summed E-state index contributed by atoms with van der Waals surface area (Å²) in [5.41, 5.74) is 3.08. The van der Waals surface area contributed by atoms with E-state index in [1.54, 1.807) is 19.1 Å². The Labute approximate surface area is 165 Å². The van der Waals surface area contributed by atoms with Crippen molar-refractivity contribution in [3.63, 3.8) is 0 Å². The van der Waals surface area contributed by atoms with Crippen molar-refractivity contribution in [1.29, 1.82) is 0 Å². The molecule has 28 heavy (non-hydrogen) atoms. The van der Waals surface area contributed by atoms with E-state index < -0.39 is 10.0 Å². The van der Waals surface area contributed by atoms with Gasteiger partial charge in [0, 0.05) is 17.3 Å². The highest BCUT2D eigenvalue weighted by molar-refractivity contribution is 8.00. The Bertz CT molecular complexity index is 1080. The molecule has 2 aromatic rings. The quantitative estimate of drug-likeness (QED) is 0.840. The van der Waals surface area contributed by atoms with E-state index in [1.807, 2.05) is 30.3 Å². The van der Waals surface area contributed by atoms with Crippen molar-refractivity contribution < 1.29 is 17.9 Å². The SMILES string of the molecule is CC1=C(c2ccc(C(C)C)cc2)S(=O)(=O)N=C1Nc1ccc2c(c1)OCCO2. The van der Waals surface area contributed by atoms with Crippen LogP contribution in [0.15, 0.2) is 52.4 Å². The molecule has 0 spiro atoms. The van der Waals surface area contributed by atoms with Crippen molar-refractivity contribution in [2.75, 3.05) is 18.5 Å². The third kappa shape index (κ3) is 3.38. The van der Waals surface area contributed by atoms with Gasteiger partial charge in [-0.1, -0.05) is 38.1 Å². The molecule has 0 aromatic heterocycles. The molecule has 146 valence electrons. The Morgan fingerprint density at radius 1 is 1.00 bits per heavy atom. The zero-order valence-electron chi connectivity index (χ0n) is 16.0. The molecule has 2 heterocycles. The first-order valence-corrected chi connectivity index (χ1v) is 10.6. The number of fused-ring (bicyclic) bond motifs is 1. The molecule has 0 radical (unpaired) electrons. The number of nitrogens with one attached hydrogen (secondary N) is 1. The Morgan fingerprint density at radius 3 is 2.36 bits per heavy atom. The molecule has 2 aliphatic heterocycles. The van der Waals surface area contributed by atoms with E-state index in [-0.39, 0.29) is 4.91 Å². The van der Waals surface area contributed by atoms with E-state index in [0.717, 1.165) is 5.56 Å². The average Bonchev–Trinajstić information content (AvgIpc) is 2.89. The lowest BCUT2D eigenvalue weighted by atomic mass is 10.0. The van der Waals surface area contributed by atoms with Gasteiger partial charge in [-0.25, -0.2) is 0 Å². The Balaban J connectivity index is 1.65. The Hall–Kier alpha value is -2.80. The normalized spacial score (nSPS) is 17.6. The number of hydrogen-bond donors (Lipinski definition) is 1. The van der Waals surface area contributed by atoms with Gasteiger partial charge in [0.15, 0.2) is 11.5 Å². The number of benzene rings is 2. The molecule has 0 atom stereocenters. The van der Waals surface area contributed by atoms with Gasteiger partial charge in [0.2, 0.25) is 0 Å². The van der Waals surface area contributed by atoms with Crippen molar-refractivity contribution in [2.24, 2.45) is 4.40 Å². The van der Waals surface area contributed by atoms with Crippen molar-refractivity contribution in [3.05, 3.63) is 59.2 Å². The van der Waals surface area contributed by atoms with Gasteiger partial charge in [0.1, 0.15) is 24.0 Å². The number of anilines is 1. The van der Waals surface area contributed by atoms with E-state index in [4.69, 9.17) is 9.47 Å². The number of ether oxygens (including phenoxy) is 2. The fourth-order valence-corrected chi connectivity index (χ4v) is 4.73. The van der Waals surface area contributed by atoms with Crippen LogP contribution >= 0.6 is 0 Å². The number of hydrogen-bond acceptors (Lipinski definition) is 5. The number of rotatable bonds is 3. The molecule has 0 unspecified atom stereocenters. The minimum absolute atomic E-state index is 0.239. The Morgan fingerprint density at radius 2 is 1.68 bits per heavy atom. The van der Waals surface area contributed by atoms with E-state index in [0.29, 0.717) is 53.3 Å². The molecule has 4 rings (SSSR count). The minimum atomic E-state index is -3.76. The maximum Gasteiger partial charge on any atom is 0.285 e. The summed E-state index contributed by atoms with van der Waals surface area (Å²) < 4.78 is 40.4. The van der Waals surface area contributed by atoms with Crippen molar-refractivity contribution in [2.45, 2.75) is 26.7 Å². The summed E-state index contributed by atoms with van der Waals surface area (Å²) in [7, 11) is -3.76. The van der Waals surface area contributed by atoms with Crippen molar-refractivity contribution in [1.82, 2.24) is 0 Å². The third-order valence-electron chi connectivity index (χ3n) is 4.81. The lowest BCUT2D eigenvalue weighted by Crippen LogP contribution is -2.16. The van der Waals surface area contributed by atoms with Crippen LogP contribution in [0.5, 0.6) is 11.5 Å². The van der Waals surface area contributed by atoms with Crippen LogP contribution < -0.4 is 14.8 Å². The first-order chi connectivity index (χ1) is 13.3. The van der Waals surface area contributed by atoms with Gasteiger partial charge >= 0.3 is 0 Å². The molecule has 0 saturated heterocycles. The maximum absolute atomic E-state index is 12.7. The summed E-state index contributed by atoms with van der Waals surface area (Å²) in [6.45, 7) is 6.97. The van der Waals surface area contributed by atoms with Crippen LogP contribution in [0.4, 0.5) is 5.69 Å². The second-order valence-corrected chi connectivity index (χ2v) is 8.67. The molecule has 2 aromatic carbocycles. The summed E-state index contributed by atoms with van der Waals surface area (Å²) in [5, 5.41) is 3.10. The molecule has 0 bridgehead atoms. The first-order valence-electron chi connectivity index (χ1n) is 9.18. The summed E-state index contributed by atoms with van der Waals surface area (Å²) in [4.78, 5) is 0.239. The monoisotopic (exact) mass is 398 g/mol. The lowest BCUT2D eigenvalue weighted by Gasteiger charge is -2.19. The first kappa shape index (κ1) is 18.6. The molecule has 0 fully saturated rings. The summed E-state index contributed by atoms with van der Waals surface area (Å²) in [6.07, 6.45) is 0. The highest BCUT2D eigenvalue weighted by Gasteiger charge is 2.31. The van der Waals surface area contributed by atoms with Crippen LogP contribution in [-0.2, 0) is 10.0 Å². The van der Waals surface area contributed by atoms with Gasteiger partial charge < -0.3 is 14.8 Å². The van der Waals surface area contributed by atoms with Gasteiger partial charge in [-0.05, 0) is 36.1 Å². The molecular formula is C21H22N2O4S. The molecule has 0 amide bonds. The highest BCUT2D eigenvalue weighted by Crippen LogP contribution is 2.36. The Kier molecular flexibility index (Phi) is 4.63. The van der Waals surface area contributed by atoms with Crippen molar-refractivity contribution >= 4 is 26.5 Å². The zero-order valence-corrected chi connectivity index (χ0v) is 16.8. The predicted octanol–water partition coefficient (Wildman–Crippen LogP) is 4.17. The van der Waals surface area contributed by atoms with E-state index in [2.05, 4.69) is 23.6 Å². The number of sulfonamides is 1. The van der Waals surface area contributed by atoms with Gasteiger partial charge in [-0.15, -0.1) is 4.40 Å². The smallest absolute Gasteiger partial charge is 0.285 e. The van der Waals surface area contributed by atoms with Gasteiger partial charge in [-0.2, -0.15) is 8.42 Å². The molecular weight excluding hydrogens is 376 g/mol. The fraction of sp³-hybridized carbons (Fsp3) is 0.286. The van der Waals surface area contributed by atoms with Crippen LogP contribution in [0.3, 0.4) is 0 Å². The van der Waals surface area contributed by atoms with E-state index in [1.165, 1.54) is 0 Å². The van der Waals surface area contributed by atoms with Gasteiger partial charge in [0.25, 0.3) is 10.0 Å². The molecule has 7 heteroatoms. The molecule has 1 N–H and O–H groups in total.